The Labute approximate surface area is 130 Å². The van der Waals surface area contributed by atoms with Gasteiger partial charge in [-0.2, -0.15) is 0 Å². The van der Waals surface area contributed by atoms with Gasteiger partial charge in [-0.1, -0.05) is 18.5 Å². The van der Waals surface area contributed by atoms with E-state index in [1.165, 1.54) is 26.4 Å². The van der Waals surface area contributed by atoms with Gasteiger partial charge in [0.2, 0.25) is 0 Å². The third-order valence-electron chi connectivity index (χ3n) is 3.12. The molecule has 104 valence electrons. The highest BCUT2D eigenvalue weighted by Gasteiger charge is 2.19. The summed E-state index contributed by atoms with van der Waals surface area (Å²) in [6.45, 7) is 2.83. The summed E-state index contributed by atoms with van der Waals surface area (Å²) in [5.74, 6) is -0.259. The average molecular weight is 326 g/mol. The number of halogens is 2. The van der Waals surface area contributed by atoms with Crippen LogP contribution in [-0.2, 0) is 0 Å². The van der Waals surface area contributed by atoms with Gasteiger partial charge in [-0.25, -0.2) is 4.39 Å². The molecule has 1 nitrogen and oxygen atoms in total. The number of hydrogen-bond donors (Lipinski definition) is 1. The Balaban J connectivity index is 2.08. The van der Waals surface area contributed by atoms with Crippen LogP contribution in [-0.4, -0.2) is 6.54 Å². The normalized spacial score (nSPS) is 12.9. The SMILES string of the molecule is CCNC(c1cc2sccc2s1)c1cc(F)ccc1Cl. The fourth-order valence-corrected chi connectivity index (χ4v) is 4.67. The van der Waals surface area contributed by atoms with Crippen molar-refractivity contribution in [3.8, 4) is 0 Å². The monoisotopic (exact) mass is 325 g/mol. The lowest BCUT2D eigenvalue weighted by Gasteiger charge is -2.18. The van der Waals surface area contributed by atoms with Gasteiger partial charge in [0.25, 0.3) is 0 Å². The second kappa shape index (κ2) is 5.82. The van der Waals surface area contributed by atoms with Crippen molar-refractivity contribution in [2.24, 2.45) is 0 Å². The van der Waals surface area contributed by atoms with Gasteiger partial charge in [-0.3, -0.25) is 0 Å². The van der Waals surface area contributed by atoms with Crippen LogP contribution < -0.4 is 5.32 Å². The number of fused-ring (bicyclic) bond motifs is 1. The summed E-state index contributed by atoms with van der Waals surface area (Å²) in [5, 5.41) is 6.08. The first-order valence-electron chi connectivity index (χ1n) is 6.34. The summed E-state index contributed by atoms with van der Waals surface area (Å²) < 4.78 is 16.1. The zero-order valence-corrected chi connectivity index (χ0v) is 13.2. The summed E-state index contributed by atoms with van der Waals surface area (Å²) in [4.78, 5) is 1.17. The molecule has 0 amide bonds. The lowest BCUT2D eigenvalue weighted by Crippen LogP contribution is -2.21. The van der Waals surface area contributed by atoms with E-state index in [0.29, 0.717) is 5.02 Å². The average Bonchev–Trinajstić information content (AvgIpc) is 3.00. The Hall–Kier alpha value is -0.940. The van der Waals surface area contributed by atoms with Crippen LogP contribution in [0.25, 0.3) is 9.40 Å². The molecule has 3 rings (SSSR count). The van der Waals surface area contributed by atoms with E-state index in [4.69, 9.17) is 11.6 Å². The second-order valence-corrected chi connectivity index (χ2v) is 6.92. The summed E-state index contributed by atoms with van der Waals surface area (Å²) in [6.07, 6.45) is 0. The number of rotatable bonds is 4. The molecule has 0 bridgehead atoms. The van der Waals surface area contributed by atoms with Crippen LogP contribution >= 0.6 is 34.3 Å². The lowest BCUT2D eigenvalue weighted by atomic mass is 10.0. The molecule has 20 heavy (non-hydrogen) atoms. The smallest absolute Gasteiger partial charge is 0.123 e. The van der Waals surface area contributed by atoms with Crippen molar-refractivity contribution in [2.75, 3.05) is 6.54 Å². The van der Waals surface area contributed by atoms with Crippen molar-refractivity contribution in [3.63, 3.8) is 0 Å². The minimum Gasteiger partial charge on any atom is -0.306 e. The predicted octanol–water partition coefficient (Wildman–Crippen LogP) is 5.45. The van der Waals surface area contributed by atoms with Crippen LogP contribution in [0, 0.1) is 5.82 Å². The van der Waals surface area contributed by atoms with E-state index >= 15 is 0 Å². The van der Waals surface area contributed by atoms with E-state index in [-0.39, 0.29) is 11.9 Å². The van der Waals surface area contributed by atoms with Crippen molar-refractivity contribution in [1.82, 2.24) is 5.32 Å². The number of nitrogens with one attached hydrogen (secondary N) is 1. The summed E-state index contributed by atoms with van der Waals surface area (Å²) >= 11 is 9.70. The van der Waals surface area contributed by atoms with Gasteiger partial charge in [0.15, 0.2) is 0 Å². The van der Waals surface area contributed by atoms with Gasteiger partial charge in [0.1, 0.15) is 5.82 Å². The molecule has 0 saturated carbocycles. The molecular formula is C15H13ClFNS2. The van der Waals surface area contributed by atoms with Crippen LogP contribution in [0.2, 0.25) is 5.02 Å². The molecule has 0 radical (unpaired) electrons. The van der Waals surface area contributed by atoms with Crippen LogP contribution in [0.15, 0.2) is 35.7 Å². The topological polar surface area (TPSA) is 12.0 Å². The van der Waals surface area contributed by atoms with E-state index in [2.05, 4.69) is 22.8 Å². The van der Waals surface area contributed by atoms with E-state index in [1.54, 1.807) is 28.7 Å². The molecule has 1 unspecified atom stereocenters. The largest absolute Gasteiger partial charge is 0.306 e. The maximum atomic E-state index is 13.5. The highest BCUT2D eigenvalue weighted by Crippen LogP contribution is 2.37. The molecule has 1 aromatic carbocycles. The van der Waals surface area contributed by atoms with Gasteiger partial charge < -0.3 is 5.32 Å². The molecule has 1 atom stereocenters. The molecule has 1 N–H and O–H groups in total. The first-order chi connectivity index (χ1) is 9.69. The Kier molecular flexibility index (Phi) is 4.08. The lowest BCUT2D eigenvalue weighted by molar-refractivity contribution is 0.607. The molecule has 0 aliphatic carbocycles. The highest BCUT2D eigenvalue weighted by atomic mass is 35.5. The van der Waals surface area contributed by atoms with E-state index in [1.807, 2.05) is 6.92 Å². The highest BCUT2D eigenvalue weighted by molar-refractivity contribution is 7.27. The third-order valence-corrected chi connectivity index (χ3v) is 5.62. The minimum absolute atomic E-state index is 0.0622. The maximum absolute atomic E-state index is 13.5. The molecule has 2 heterocycles. The molecule has 0 fully saturated rings. The summed E-state index contributed by atoms with van der Waals surface area (Å²) in [7, 11) is 0. The molecule has 2 aromatic heterocycles. The van der Waals surface area contributed by atoms with Crippen LogP contribution in [0.4, 0.5) is 4.39 Å². The zero-order valence-electron chi connectivity index (χ0n) is 10.8. The summed E-state index contributed by atoms with van der Waals surface area (Å²) in [6, 6.07) is 8.74. The van der Waals surface area contributed by atoms with E-state index < -0.39 is 0 Å². The number of benzene rings is 1. The summed E-state index contributed by atoms with van der Waals surface area (Å²) in [5.41, 5.74) is 0.794. The molecular weight excluding hydrogens is 313 g/mol. The standard InChI is InChI=1S/C15H13ClFNS2/c1-2-18-15(10-7-9(17)3-4-11(10)16)14-8-13-12(20-14)5-6-19-13/h3-8,15,18H,2H2,1H3. The van der Waals surface area contributed by atoms with E-state index in [0.717, 1.165) is 12.1 Å². The van der Waals surface area contributed by atoms with Gasteiger partial charge in [0.05, 0.1) is 6.04 Å². The van der Waals surface area contributed by atoms with Gasteiger partial charge in [-0.05, 0) is 47.8 Å². The number of hydrogen-bond acceptors (Lipinski definition) is 3. The fraction of sp³-hybridized carbons (Fsp3) is 0.200. The fourth-order valence-electron chi connectivity index (χ4n) is 2.23. The van der Waals surface area contributed by atoms with Gasteiger partial charge >= 0.3 is 0 Å². The first-order valence-corrected chi connectivity index (χ1v) is 8.41. The quantitative estimate of drug-likeness (QED) is 0.672. The van der Waals surface area contributed by atoms with Crippen molar-refractivity contribution in [3.05, 3.63) is 57.0 Å². The predicted molar refractivity (Wildman–Crippen MR) is 86.6 cm³/mol. The molecule has 0 aliphatic rings. The van der Waals surface area contributed by atoms with Crippen molar-refractivity contribution in [2.45, 2.75) is 13.0 Å². The molecule has 3 aromatic rings. The van der Waals surface area contributed by atoms with E-state index in [9.17, 15) is 4.39 Å². The Morgan fingerprint density at radius 1 is 1.25 bits per heavy atom. The molecule has 5 heteroatoms. The van der Waals surface area contributed by atoms with Gasteiger partial charge in [0, 0.05) is 19.3 Å². The van der Waals surface area contributed by atoms with Crippen molar-refractivity contribution < 1.29 is 4.39 Å². The maximum Gasteiger partial charge on any atom is 0.123 e. The Bertz CT molecular complexity index is 706. The van der Waals surface area contributed by atoms with Crippen molar-refractivity contribution >= 4 is 43.7 Å². The van der Waals surface area contributed by atoms with Gasteiger partial charge in [-0.15, -0.1) is 22.7 Å². The zero-order chi connectivity index (χ0) is 14.1. The third kappa shape index (κ3) is 2.61. The first kappa shape index (κ1) is 14.0. The Morgan fingerprint density at radius 3 is 2.85 bits per heavy atom. The van der Waals surface area contributed by atoms with Crippen LogP contribution in [0.3, 0.4) is 0 Å². The van der Waals surface area contributed by atoms with Crippen LogP contribution in [0.5, 0.6) is 0 Å². The second-order valence-electron chi connectivity index (χ2n) is 4.45. The molecule has 0 saturated heterocycles. The minimum atomic E-state index is -0.259. The number of thiophene rings is 2. The molecule has 0 spiro atoms. The Morgan fingerprint density at radius 2 is 2.10 bits per heavy atom. The molecule has 0 aliphatic heterocycles. The van der Waals surface area contributed by atoms with Crippen LogP contribution in [0.1, 0.15) is 23.4 Å². The van der Waals surface area contributed by atoms with Crippen molar-refractivity contribution in [1.29, 1.82) is 0 Å².